The molecular weight excluding hydrogens is 242 g/mol. The van der Waals surface area contributed by atoms with E-state index in [9.17, 15) is 4.79 Å². The zero-order valence-electron chi connectivity index (χ0n) is 11.1. The maximum absolute atomic E-state index is 11.6. The summed E-state index contributed by atoms with van der Waals surface area (Å²) in [6.45, 7) is 1.23. The molecule has 1 amide bonds. The molecule has 4 heteroatoms. The lowest BCUT2D eigenvalue weighted by atomic mass is 10.0. The normalized spacial score (nSPS) is 19.1. The van der Waals surface area contributed by atoms with E-state index in [-0.39, 0.29) is 12.0 Å². The summed E-state index contributed by atoms with van der Waals surface area (Å²) >= 11 is 0. The van der Waals surface area contributed by atoms with Crippen molar-refractivity contribution >= 4 is 5.91 Å². The van der Waals surface area contributed by atoms with Gasteiger partial charge in [-0.3, -0.25) is 9.63 Å². The largest absolute Gasteiger partial charge is 0.378 e. The molecule has 4 nitrogen and oxygen atoms in total. The molecule has 19 heavy (non-hydrogen) atoms. The van der Waals surface area contributed by atoms with Crippen molar-refractivity contribution in [2.45, 2.75) is 44.8 Å². The lowest BCUT2D eigenvalue weighted by Gasteiger charge is -2.22. The van der Waals surface area contributed by atoms with Gasteiger partial charge in [-0.15, -0.1) is 0 Å². The quantitative estimate of drug-likeness (QED) is 0.802. The van der Waals surface area contributed by atoms with Crippen molar-refractivity contribution in [1.82, 2.24) is 5.48 Å². The Balaban J connectivity index is 1.57. The first kappa shape index (κ1) is 14.0. The molecular formula is C15H21NO3. The van der Waals surface area contributed by atoms with Crippen LogP contribution in [0.2, 0.25) is 0 Å². The molecule has 1 aliphatic heterocycles. The molecule has 1 aromatic rings. The summed E-state index contributed by atoms with van der Waals surface area (Å²) in [5, 5.41) is 0. The highest BCUT2D eigenvalue weighted by Crippen LogP contribution is 2.16. The maximum Gasteiger partial charge on any atom is 0.243 e. The third-order valence-electron chi connectivity index (χ3n) is 3.24. The highest BCUT2D eigenvalue weighted by molar-refractivity contribution is 5.74. The van der Waals surface area contributed by atoms with Gasteiger partial charge in [0.2, 0.25) is 5.91 Å². The highest BCUT2D eigenvalue weighted by Gasteiger charge is 2.15. The Morgan fingerprint density at radius 2 is 2.16 bits per heavy atom. The van der Waals surface area contributed by atoms with Gasteiger partial charge in [-0.05, 0) is 31.2 Å². The Hall–Kier alpha value is -1.39. The van der Waals surface area contributed by atoms with Crippen molar-refractivity contribution in [1.29, 1.82) is 0 Å². The summed E-state index contributed by atoms with van der Waals surface area (Å²) in [6, 6.07) is 9.76. The van der Waals surface area contributed by atoms with Crippen molar-refractivity contribution in [3.05, 3.63) is 35.9 Å². The molecule has 104 valence electrons. The average molecular weight is 263 g/mol. The Bertz CT molecular complexity index is 374. The fourth-order valence-corrected chi connectivity index (χ4v) is 2.15. The number of carbonyl (C=O) groups is 1. The number of rotatable bonds is 6. The van der Waals surface area contributed by atoms with E-state index < -0.39 is 0 Å². The second-order valence-electron chi connectivity index (χ2n) is 4.83. The summed E-state index contributed by atoms with van der Waals surface area (Å²) in [5.41, 5.74) is 3.52. The molecule has 1 aromatic carbocycles. The van der Waals surface area contributed by atoms with Gasteiger partial charge in [-0.25, -0.2) is 5.48 Å². The van der Waals surface area contributed by atoms with E-state index in [1.807, 2.05) is 30.3 Å². The average Bonchev–Trinajstić information content (AvgIpc) is 2.47. The molecule has 1 atom stereocenters. The summed E-state index contributed by atoms with van der Waals surface area (Å²) in [7, 11) is 0. The van der Waals surface area contributed by atoms with Crippen molar-refractivity contribution in [2.24, 2.45) is 0 Å². The minimum absolute atomic E-state index is 0.0786. The first-order valence-electron chi connectivity index (χ1n) is 6.91. The third kappa shape index (κ3) is 5.41. The van der Waals surface area contributed by atoms with Crippen LogP contribution in [0.1, 0.15) is 37.7 Å². The third-order valence-corrected chi connectivity index (χ3v) is 3.24. The standard InChI is InChI=1S/C15H21NO3/c17-15(10-9-14-8-4-5-11-18-14)16-19-12-13-6-2-1-3-7-13/h1-3,6-7,14H,4-5,8-12H2,(H,16,17). The molecule has 1 aliphatic rings. The first-order chi connectivity index (χ1) is 9.34. The van der Waals surface area contributed by atoms with Gasteiger partial charge in [0.15, 0.2) is 0 Å². The molecule has 2 rings (SSSR count). The van der Waals surface area contributed by atoms with Gasteiger partial charge in [-0.2, -0.15) is 0 Å². The van der Waals surface area contributed by atoms with Crippen molar-refractivity contribution in [3.63, 3.8) is 0 Å². The van der Waals surface area contributed by atoms with E-state index in [1.54, 1.807) is 0 Å². The zero-order chi connectivity index (χ0) is 13.3. The number of hydroxylamine groups is 1. The Morgan fingerprint density at radius 3 is 2.89 bits per heavy atom. The van der Waals surface area contributed by atoms with Crippen LogP contribution in [0.5, 0.6) is 0 Å². The summed E-state index contributed by atoms with van der Waals surface area (Å²) in [6.07, 6.45) is 4.89. The van der Waals surface area contributed by atoms with Crippen LogP contribution in [0.4, 0.5) is 0 Å². The second kappa shape index (κ2) is 7.92. The minimum atomic E-state index is -0.0786. The van der Waals surface area contributed by atoms with Gasteiger partial charge in [0.1, 0.15) is 0 Å². The van der Waals surface area contributed by atoms with Gasteiger partial charge < -0.3 is 4.74 Å². The van der Waals surface area contributed by atoms with Crippen LogP contribution in [0.25, 0.3) is 0 Å². The molecule has 0 aliphatic carbocycles. The van der Waals surface area contributed by atoms with Crippen LogP contribution >= 0.6 is 0 Å². The molecule has 1 fully saturated rings. The molecule has 0 bridgehead atoms. The fourth-order valence-electron chi connectivity index (χ4n) is 2.15. The number of carbonyl (C=O) groups excluding carboxylic acids is 1. The van der Waals surface area contributed by atoms with Gasteiger partial charge in [-0.1, -0.05) is 30.3 Å². The molecule has 0 saturated carbocycles. The lowest BCUT2D eigenvalue weighted by molar-refractivity contribution is -0.135. The van der Waals surface area contributed by atoms with Crippen LogP contribution < -0.4 is 5.48 Å². The van der Waals surface area contributed by atoms with Gasteiger partial charge >= 0.3 is 0 Å². The fraction of sp³-hybridized carbons (Fsp3) is 0.533. The number of amides is 1. The van der Waals surface area contributed by atoms with Crippen molar-refractivity contribution < 1.29 is 14.4 Å². The number of hydrogen-bond acceptors (Lipinski definition) is 3. The first-order valence-corrected chi connectivity index (χ1v) is 6.91. The van der Waals surface area contributed by atoms with E-state index in [1.165, 1.54) is 6.42 Å². The number of benzene rings is 1. The lowest BCUT2D eigenvalue weighted by Crippen LogP contribution is -2.26. The zero-order valence-corrected chi connectivity index (χ0v) is 11.1. The molecule has 1 unspecified atom stereocenters. The van der Waals surface area contributed by atoms with Gasteiger partial charge in [0.25, 0.3) is 0 Å². The summed E-state index contributed by atoms with van der Waals surface area (Å²) in [5.74, 6) is -0.0786. The van der Waals surface area contributed by atoms with E-state index in [2.05, 4.69) is 5.48 Å². The van der Waals surface area contributed by atoms with Crippen LogP contribution in [0, 0.1) is 0 Å². The predicted molar refractivity (Wildman–Crippen MR) is 72.2 cm³/mol. The summed E-state index contributed by atoms with van der Waals surface area (Å²) < 4.78 is 5.58. The van der Waals surface area contributed by atoms with E-state index >= 15 is 0 Å². The topological polar surface area (TPSA) is 47.6 Å². The maximum atomic E-state index is 11.6. The van der Waals surface area contributed by atoms with Crippen LogP contribution in [0.3, 0.4) is 0 Å². The molecule has 0 aromatic heterocycles. The van der Waals surface area contributed by atoms with Crippen LogP contribution in [-0.4, -0.2) is 18.6 Å². The van der Waals surface area contributed by atoms with Crippen molar-refractivity contribution in [2.75, 3.05) is 6.61 Å². The second-order valence-corrected chi connectivity index (χ2v) is 4.83. The Kier molecular flexibility index (Phi) is 5.85. The monoisotopic (exact) mass is 263 g/mol. The smallest absolute Gasteiger partial charge is 0.243 e. The minimum Gasteiger partial charge on any atom is -0.378 e. The Morgan fingerprint density at radius 1 is 1.32 bits per heavy atom. The van der Waals surface area contributed by atoms with Crippen LogP contribution in [0.15, 0.2) is 30.3 Å². The SMILES string of the molecule is O=C(CCC1CCCCO1)NOCc1ccccc1. The molecule has 1 heterocycles. The molecule has 0 spiro atoms. The Labute approximate surface area is 114 Å². The number of hydrogen-bond donors (Lipinski definition) is 1. The molecule has 1 saturated heterocycles. The highest BCUT2D eigenvalue weighted by atomic mass is 16.6. The summed E-state index contributed by atoms with van der Waals surface area (Å²) in [4.78, 5) is 16.8. The van der Waals surface area contributed by atoms with Crippen LogP contribution in [-0.2, 0) is 21.0 Å². The number of ether oxygens (including phenoxy) is 1. The van der Waals surface area contributed by atoms with Gasteiger partial charge in [0.05, 0.1) is 12.7 Å². The van der Waals surface area contributed by atoms with Gasteiger partial charge in [0, 0.05) is 13.0 Å². The van der Waals surface area contributed by atoms with E-state index in [0.29, 0.717) is 13.0 Å². The molecule has 1 N–H and O–H groups in total. The predicted octanol–water partition coefficient (Wildman–Crippen LogP) is 2.58. The van der Waals surface area contributed by atoms with E-state index in [4.69, 9.17) is 9.57 Å². The van der Waals surface area contributed by atoms with Crippen molar-refractivity contribution in [3.8, 4) is 0 Å². The van der Waals surface area contributed by atoms with E-state index in [0.717, 1.165) is 31.4 Å². The molecule has 0 radical (unpaired) electrons. The number of nitrogens with one attached hydrogen (secondary N) is 1.